The Labute approximate surface area is 462 Å². The Hall–Kier alpha value is -3.58. The molecule has 21 atom stereocenters. The summed E-state index contributed by atoms with van der Waals surface area (Å²) in [7, 11) is 0. The number of nitrogens with zero attached hydrogens (tertiary/aromatic N) is 1. The molecule has 21 nitrogen and oxygen atoms in total. The van der Waals surface area contributed by atoms with Gasteiger partial charge < -0.3 is 87.0 Å². The van der Waals surface area contributed by atoms with Crippen LogP contribution in [0.2, 0.25) is 0 Å². The maximum atomic E-state index is 14.3. The second-order valence-electron chi connectivity index (χ2n) is 23.2. The molecule has 21 heteroatoms. The normalized spacial score (nSPS) is 38.2. The number of carboxylic acids is 1. The first-order valence-corrected chi connectivity index (χ1v) is 28.3. The van der Waals surface area contributed by atoms with Crippen LogP contribution in [0.4, 0.5) is 0 Å². The number of rotatable bonds is 12. The number of hydrogen-bond acceptors (Lipinski definition) is 18. The first-order valence-electron chi connectivity index (χ1n) is 28.3. The third-order valence-electron chi connectivity index (χ3n) is 16.0. The van der Waals surface area contributed by atoms with Crippen LogP contribution in [0.15, 0.2) is 40.4 Å². The molecule has 452 valence electrons. The van der Waals surface area contributed by atoms with Crippen LogP contribution in [0.1, 0.15) is 165 Å². The molecule has 0 saturated carbocycles. The van der Waals surface area contributed by atoms with E-state index in [0.717, 1.165) is 31.3 Å². The predicted octanol–water partition coefficient (Wildman–Crippen LogP) is 3.02. The zero-order valence-corrected chi connectivity index (χ0v) is 47.8. The molecule has 78 heavy (non-hydrogen) atoms. The van der Waals surface area contributed by atoms with Gasteiger partial charge in [0.2, 0.25) is 0 Å². The van der Waals surface area contributed by atoms with E-state index in [1.807, 2.05) is 26.8 Å². The van der Waals surface area contributed by atoms with E-state index in [2.05, 4.69) is 11.1 Å². The van der Waals surface area contributed by atoms with Gasteiger partial charge in [0.05, 0.1) is 67.0 Å². The molecule has 0 amide bonds. The van der Waals surface area contributed by atoms with Gasteiger partial charge in [0.1, 0.15) is 24.7 Å². The van der Waals surface area contributed by atoms with Crippen molar-refractivity contribution < 1.29 is 89.9 Å². The predicted molar refractivity (Wildman–Crippen MR) is 293 cm³/mol. The van der Waals surface area contributed by atoms with Crippen molar-refractivity contribution in [2.45, 2.75) is 250 Å². The Kier molecular flexibility index (Phi) is 31.3. The zero-order chi connectivity index (χ0) is 59.2. The third-order valence-corrected chi connectivity index (χ3v) is 16.0. The number of aliphatic imine (C=N–C) groups is 1. The highest BCUT2D eigenvalue weighted by Gasteiger charge is 2.50. The molecular weight excluding hydrogens is 1010 g/mol. The van der Waals surface area contributed by atoms with Crippen LogP contribution in [-0.2, 0) is 28.6 Å². The van der Waals surface area contributed by atoms with Gasteiger partial charge in [-0.25, -0.2) is 0 Å². The van der Waals surface area contributed by atoms with Gasteiger partial charge in [-0.15, -0.1) is 0 Å². The van der Waals surface area contributed by atoms with Crippen molar-refractivity contribution in [3.63, 3.8) is 0 Å². The van der Waals surface area contributed by atoms with Gasteiger partial charge >= 0.3 is 17.9 Å². The largest absolute Gasteiger partial charge is 0.481 e. The molecule has 2 rings (SSSR count). The molecular formula is C57H101N3O18. The Morgan fingerprint density at radius 3 is 2.06 bits per heavy atom. The molecule has 21 unspecified atom stereocenters. The molecule has 0 spiro atoms. The van der Waals surface area contributed by atoms with E-state index in [9.17, 15) is 75.7 Å². The van der Waals surface area contributed by atoms with Crippen molar-refractivity contribution >= 4 is 23.9 Å². The van der Waals surface area contributed by atoms with Crippen molar-refractivity contribution in [2.75, 3.05) is 6.54 Å². The summed E-state index contributed by atoms with van der Waals surface area (Å²) in [4.78, 5) is 42.6. The molecule has 0 aromatic carbocycles. The highest BCUT2D eigenvalue weighted by molar-refractivity contribution is 5.90. The van der Waals surface area contributed by atoms with Gasteiger partial charge in [-0.2, -0.15) is 0 Å². The summed E-state index contributed by atoms with van der Waals surface area (Å²) in [5, 5.41) is 132. The molecule has 1 saturated heterocycles. The number of hydrogen-bond donors (Lipinski definition) is 14. The molecule has 16 N–H and O–H groups in total. The van der Waals surface area contributed by atoms with Crippen LogP contribution < -0.4 is 11.5 Å². The standard InChI is InChI=1S/C57H101N3O18/c1-31(15-12-10-11-13-22-60-56(58)59)23-36(6)53-35(5)17-14-16-34(4)52(72)38(8)45(65)26-41(62)24-40(61)25-42-27-47(67)54(73)57(75,78-42)30-48(68)33(3)18-20-43(63)37(7)46(66)28-44(64)32(2)19-21-49(39(9)55(74)77-53)76-51(71)29-50(69)70/h15-16,19,21,32-33,35-49,52-54,61-68,72-73,75H,10-14,17-18,20,22-30H2,1-9H3,(H,69,70)(H4,58,59,60)/b21-19?,31-15+,34-16?. The summed E-state index contributed by atoms with van der Waals surface area (Å²) in [5.74, 6) is -10.2. The minimum atomic E-state index is -2.43. The number of guanidine groups is 1. The van der Waals surface area contributed by atoms with Gasteiger partial charge in [-0.05, 0) is 121 Å². The lowest BCUT2D eigenvalue weighted by molar-refractivity contribution is -0.333. The van der Waals surface area contributed by atoms with Crippen molar-refractivity contribution in [1.29, 1.82) is 0 Å². The second-order valence-corrected chi connectivity index (χ2v) is 23.2. The number of carbonyl (C=O) groups is 3. The zero-order valence-electron chi connectivity index (χ0n) is 47.8. The van der Waals surface area contributed by atoms with Crippen molar-refractivity contribution in [2.24, 2.45) is 57.9 Å². The summed E-state index contributed by atoms with van der Waals surface area (Å²) < 4.78 is 17.7. The second kappa shape index (κ2) is 34.6. The number of nitrogens with two attached hydrogens (primary N) is 2. The first kappa shape index (κ1) is 70.5. The lowest BCUT2D eigenvalue weighted by Crippen LogP contribution is -2.59. The van der Waals surface area contributed by atoms with Crippen LogP contribution >= 0.6 is 0 Å². The van der Waals surface area contributed by atoms with Gasteiger partial charge in [0, 0.05) is 43.6 Å². The minimum absolute atomic E-state index is 0.0532. The molecule has 0 aliphatic carbocycles. The number of carboxylic acid groups (broad SMARTS) is 1. The maximum absolute atomic E-state index is 14.3. The number of fused-ring (bicyclic) bond motifs is 2. The molecule has 1 fully saturated rings. The van der Waals surface area contributed by atoms with Gasteiger partial charge in [0.25, 0.3) is 0 Å². The average molecular weight is 1120 g/mol. The van der Waals surface area contributed by atoms with E-state index in [4.69, 9.17) is 25.7 Å². The number of aliphatic hydroxyl groups is 11. The fourth-order valence-electron chi connectivity index (χ4n) is 10.4. The number of carbonyl (C=O) groups excluding carboxylic acids is 2. The Bertz CT molecular complexity index is 1920. The number of unbranched alkanes of at least 4 members (excludes halogenated alkanes) is 3. The lowest BCUT2D eigenvalue weighted by Gasteiger charge is -2.45. The summed E-state index contributed by atoms with van der Waals surface area (Å²) in [6.45, 7) is 16.1. The maximum Gasteiger partial charge on any atom is 0.317 e. The van der Waals surface area contributed by atoms with E-state index >= 15 is 0 Å². The van der Waals surface area contributed by atoms with Crippen LogP contribution in [0.5, 0.6) is 0 Å². The first-order chi connectivity index (χ1) is 36.4. The number of cyclic esters (lactones) is 1. The molecule has 0 aromatic rings. The van der Waals surface area contributed by atoms with Crippen molar-refractivity contribution in [3.05, 3.63) is 35.5 Å². The summed E-state index contributed by atoms with van der Waals surface area (Å²) in [6, 6.07) is 0. The Morgan fingerprint density at radius 1 is 0.782 bits per heavy atom. The van der Waals surface area contributed by atoms with Crippen LogP contribution in [0, 0.1) is 41.4 Å². The van der Waals surface area contributed by atoms with E-state index in [0.29, 0.717) is 31.4 Å². The SMILES string of the molecule is CC1=CCCC(C)C(C(C)C/C(C)=C/CCCCCN=C(N)N)OC(=O)C(C)C(OC(=O)CC(=O)O)C=CC(C)C(O)CC(O)C(C)C(O)CCC(C)C(O)CC2(O)OC(CC(O)CC(O)CC(O)C(C)C1O)CC(O)C2O. The molecule has 0 aromatic heterocycles. The Balaban J connectivity index is 2.52. The highest BCUT2D eigenvalue weighted by atomic mass is 16.7. The van der Waals surface area contributed by atoms with Gasteiger partial charge in [-0.1, -0.05) is 71.8 Å². The van der Waals surface area contributed by atoms with E-state index < -0.39 is 145 Å². The fourth-order valence-corrected chi connectivity index (χ4v) is 10.4. The van der Waals surface area contributed by atoms with Crippen molar-refractivity contribution in [1.82, 2.24) is 0 Å². The van der Waals surface area contributed by atoms with Crippen LogP contribution in [-0.4, -0.2) is 177 Å². The number of esters is 2. The average Bonchev–Trinajstić information content (AvgIpc) is 3.34. The summed E-state index contributed by atoms with van der Waals surface area (Å²) in [5.41, 5.74) is 12.5. The summed E-state index contributed by atoms with van der Waals surface area (Å²) in [6.07, 6.45) is -6.49. The molecule has 2 aliphatic rings. The molecule has 0 radical (unpaired) electrons. The fraction of sp³-hybridized carbons (Fsp3) is 0.825. The minimum Gasteiger partial charge on any atom is -0.481 e. The smallest absolute Gasteiger partial charge is 0.317 e. The summed E-state index contributed by atoms with van der Waals surface area (Å²) >= 11 is 0. The topological polar surface area (TPSA) is 386 Å². The van der Waals surface area contributed by atoms with E-state index in [1.54, 1.807) is 34.6 Å². The number of aliphatic hydroxyl groups excluding tert-OH is 10. The molecule has 2 heterocycles. The van der Waals surface area contributed by atoms with E-state index in [-0.39, 0.29) is 62.7 Å². The van der Waals surface area contributed by atoms with Crippen LogP contribution in [0.3, 0.4) is 0 Å². The third kappa shape index (κ3) is 24.6. The van der Waals surface area contributed by atoms with Gasteiger partial charge in [0.15, 0.2) is 11.7 Å². The van der Waals surface area contributed by atoms with E-state index in [1.165, 1.54) is 19.1 Å². The number of aliphatic carboxylic acids is 1. The van der Waals surface area contributed by atoms with Crippen LogP contribution in [0.25, 0.3) is 0 Å². The van der Waals surface area contributed by atoms with Gasteiger partial charge in [-0.3, -0.25) is 19.4 Å². The molecule has 2 aliphatic heterocycles. The Morgan fingerprint density at radius 2 is 1.42 bits per heavy atom. The van der Waals surface area contributed by atoms with Crippen molar-refractivity contribution in [3.8, 4) is 0 Å². The highest BCUT2D eigenvalue weighted by Crippen LogP contribution is 2.36. The lowest BCUT2D eigenvalue weighted by atomic mass is 9.83. The number of ether oxygens (including phenoxy) is 3. The quantitative estimate of drug-likeness (QED) is 0.0333. The molecule has 2 bridgehead atoms. The monoisotopic (exact) mass is 1120 g/mol. The number of allylic oxidation sites excluding steroid dienone is 3.